The van der Waals surface area contributed by atoms with Crippen LogP contribution in [-0.2, 0) is 0 Å². The molecule has 1 aromatic carbocycles. The number of nitrogens with two attached hydrogens (primary N) is 1. The van der Waals surface area contributed by atoms with E-state index in [1.807, 2.05) is 6.08 Å². The maximum atomic E-state index is 13.9. The molecule has 16 heavy (non-hydrogen) atoms. The molecule has 0 radical (unpaired) electrons. The Labute approximate surface area is 108 Å². The number of benzene rings is 1. The van der Waals surface area contributed by atoms with Crippen LogP contribution in [0.1, 0.15) is 24.8 Å². The van der Waals surface area contributed by atoms with E-state index in [2.05, 4.69) is 15.9 Å². The summed E-state index contributed by atoms with van der Waals surface area (Å²) in [6.07, 6.45) is 4.77. The molecule has 2 N–H and O–H groups in total. The zero-order valence-electron chi connectivity index (χ0n) is 8.64. The molecule has 0 fully saturated rings. The molecule has 0 heterocycles. The number of hydrogen-bond acceptors (Lipinski definition) is 1. The number of rotatable bonds is 1. The molecule has 0 spiro atoms. The van der Waals surface area contributed by atoms with E-state index < -0.39 is 0 Å². The van der Waals surface area contributed by atoms with Gasteiger partial charge in [-0.05, 0) is 46.8 Å². The van der Waals surface area contributed by atoms with Crippen LogP contribution in [0.2, 0.25) is 5.02 Å². The van der Waals surface area contributed by atoms with Crippen molar-refractivity contribution >= 4 is 33.1 Å². The minimum atomic E-state index is -0.364. The molecule has 1 aromatic rings. The first-order valence-electron chi connectivity index (χ1n) is 5.19. The van der Waals surface area contributed by atoms with Gasteiger partial charge >= 0.3 is 0 Å². The summed E-state index contributed by atoms with van der Waals surface area (Å²) in [5.74, 6) is -0.364. The molecule has 4 heteroatoms. The van der Waals surface area contributed by atoms with Gasteiger partial charge in [0.2, 0.25) is 0 Å². The van der Waals surface area contributed by atoms with Gasteiger partial charge in [-0.2, -0.15) is 0 Å². The smallest absolute Gasteiger partial charge is 0.150 e. The average molecular weight is 305 g/mol. The quantitative estimate of drug-likeness (QED) is 0.775. The molecule has 1 aliphatic carbocycles. The van der Waals surface area contributed by atoms with Crippen LogP contribution in [0, 0.1) is 5.82 Å². The average Bonchev–Trinajstić information content (AvgIpc) is 2.26. The van der Waals surface area contributed by atoms with E-state index in [0.29, 0.717) is 10.0 Å². The van der Waals surface area contributed by atoms with Crippen LogP contribution in [0.3, 0.4) is 0 Å². The minimum absolute atomic E-state index is 0.0329. The highest BCUT2D eigenvalue weighted by molar-refractivity contribution is 9.10. The lowest BCUT2D eigenvalue weighted by molar-refractivity contribution is 0.615. The summed E-state index contributed by atoms with van der Waals surface area (Å²) in [5.41, 5.74) is 7.38. The zero-order chi connectivity index (χ0) is 11.7. The van der Waals surface area contributed by atoms with Crippen LogP contribution < -0.4 is 5.73 Å². The van der Waals surface area contributed by atoms with Crippen LogP contribution in [0.25, 0.3) is 5.57 Å². The van der Waals surface area contributed by atoms with Crippen molar-refractivity contribution in [2.24, 2.45) is 5.73 Å². The van der Waals surface area contributed by atoms with Gasteiger partial charge in [-0.25, -0.2) is 4.39 Å². The Morgan fingerprint density at radius 1 is 1.44 bits per heavy atom. The van der Waals surface area contributed by atoms with Crippen molar-refractivity contribution in [2.45, 2.75) is 25.3 Å². The van der Waals surface area contributed by atoms with E-state index in [4.69, 9.17) is 17.3 Å². The van der Waals surface area contributed by atoms with Gasteiger partial charge in [-0.3, -0.25) is 0 Å². The van der Waals surface area contributed by atoms with Crippen molar-refractivity contribution in [1.29, 1.82) is 0 Å². The Kier molecular flexibility index (Phi) is 3.67. The van der Waals surface area contributed by atoms with E-state index in [0.717, 1.165) is 24.8 Å². The first-order chi connectivity index (χ1) is 7.59. The maximum absolute atomic E-state index is 13.9. The van der Waals surface area contributed by atoms with Crippen molar-refractivity contribution < 1.29 is 4.39 Å². The van der Waals surface area contributed by atoms with Crippen LogP contribution >= 0.6 is 27.5 Å². The molecular formula is C12H12BrClFN. The Hall–Kier alpha value is -0.380. The highest BCUT2D eigenvalue weighted by Crippen LogP contribution is 2.34. The third-order valence-electron chi connectivity index (χ3n) is 2.78. The molecule has 0 bridgehead atoms. The van der Waals surface area contributed by atoms with Gasteiger partial charge in [-0.1, -0.05) is 23.7 Å². The van der Waals surface area contributed by atoms with Gasteiger partial charge in [0.15, 0.2) is 0 Å². The first kappa shape index (κ1) is 12.1. The van der Waals surface area contributed by atoms with E-state index in [-0.39, 0.29) is 16.9 Å². The summed E-state index contributed by atoms with van der Waals surface area (Å²) < 4.78 is 14.5. The topological polar surface area (TPSA) is 26.0 Å². The molecule has 0 aliphatic heterocycles. The van der Waals surface area contributed by atoms with Crippen molar-refractivity contribution in [3.8, 4) is 0 Å². The van der Waals surface area contributed by atoms with E-state index >= 15 is 0 Å². The summed E-state index contributed by atoms with van der Waals surface area (Å²) in [6, 6.07) is 3.54. The molecule has 0 amide bonds. The SMILES string of the molecule is NC1C=C(c2ccc(Br)c(Cl)c2F)CCC1. The molecule has 2 rings (SSSR count). The van der Waals surface area contributed by atoms with Crippen molar-refractivity contribution in [1.82, 2.24) is 0 Å². The summed E-state index contributed by atoms with van der Waals surface area (Å²) in [5, 5.41) is 0.137. The second-order valence-electron chi connectivity index (χ2n) is 3.97. The molecule has 1 aliphatic rings. The predicted molar refractivity (Wildman–Crippen MR) is 68.9 cm³/mol. The van der Waals surface area contributed by atoms with Crippen molar-refractivity contribution in [3.63, 3.8) is 0 Å². The zero-order valence-corrected chi connectivity index (χ0v) is 11.0. The molecule has 1 atom stereocenters. The van der Waals surface area contributed by atoms with Gasteiger partial charge in [0.1, 0.15) is 5.82 Å². The van der Waals surface area contributed by atoms with Gasteiger partial charge in [0, 0.05) is 16.1 Å². The second kappa shape index (κ2) is 4.86. The molecule has 0 aromatic heterocycles. The Morgan fingerprint density at radius 3 is 2.88 bits per heavy atom. The lowest BCUT2D eigenvalue weighted by atomic mass is 9.91. The van der Waals surface area contributed by atoms with E-state index in [9.17, 15) is 4.39 Å². The van der Waals surface area contributed by atoms with E-state index in [1.54, 1.807) is 12.1 Å². The Balaban J connectivity index is 2.45. The predicted octanol–water partition coefficient (Wildman–Crippen LogP) is 4.14. The van der Waals surface area contributed by atoms with Crippen LogP contribution in [0.4, 0.5) is 4.39 Å². The maximum Gasteiger partial charge on any atom is 0.150 e. The van der Waals surface area contributed by atoms with Crippen molar-refractivity contribution in [2.75, 3.05) is 0 Å². The summed E-state index contributed by atoms with van der Waals surface area (Å²) in [6.45, 7) is 0. The molecular weight excluding hydrogens is 292 g/mol. The standard InChI is InChI=1S/C12H12BrClFN/c13-10-5-4-9(12(15)11(10)14)7-2-1-3-8(16)6-7/h4-6,8H,1-3,16H2. The highest BCUT2D eigenvalue weighted by Gasteiger charge is 2.17. The fraction of sp³-hybridized carbons (Fsp3) is 0.333. The third kappa shape index (κ3) is 2.31. The normalized spacial score (nSPS) is 20.8. The fourth-order valence-corrected chi connectivity index (χ4v) is 2.42. The summed E-state index contributed by atoms with van der Waals surface area (Å²) >= 11 is 9.06. The fourth-order valence-electron chi connectivity index (χ4n) is 1.95. The molecule has 1 unspecified atom stereocenters. The van der Waals surface area contributed by atoms with Gasteiger partial charge in [0.25, 0.3) is 0 Å². The molecule has 0 saturated heterocycles. The van der Waals surface area contributed by atoms with Gasteiger partial charge < -0.3 is 5.73 Å². The Morgan fingerprint density at radius 2 is 2.19 bits per heavy atom. The van der Waals surface area contributed by atoms with E-state index in [1.165, 1.54) is 0 Å². The van der Waals surface area contributed by atoms with Crippen LogP contribution in [0.5, 0.6) is 0 Å². The monoisotopic (exact) mass is 303 g/mol. The third-order valence-corrected chi connectivity index (χ3v) is 4.04. The van der Waals surface area contributed by atoms with Gasteiger partial charge in [-0.15, -0.1) is 0 Å². The minimum Gasteiger partial charge on any atom is -0.324 e. The summed E-state index contributed by atoms with van der Waals surface area (Å²) in [7, 11) is 0. The number of allylic oxidation sites excluding steroid dienone is 1. The second-order valence-corrected chi connectivity index (χ2v) is 5.20. The van der Waals surface area contributed by atoms with Crippen molar-refractivity contribution in [3.05, 3.63) is 39.1 Å². The molecule has 86 valence electrons. The van der Waals surface area contributed by atoms with Gasteiger partial charge in [0.05, 0.1) is 5.02 Å². The van der Waals surface area contributed by atoms with Crippen LogP contribution in [-0.4, -0.2) is 6.04 Å². The first-order valence-corrected chi connectivity index (χ1v) is 6.37. The largest absolute Gasteiger partial charge is 0.324 e. The van der Waals surface area contributed by atoms with Crippen LogP contribution in [0.15, 0.2) is 22.7 Å². The summed E-state index contributed by atoms with van der Waals surface area (Å²) in [4.78, 5) is 0. The molecule has 0 saturated carbocycles. The highest BCUT2D eigenvalue weighted by atomic mass is 79.9. The lowest BCUT2D eigenvalue weighted by Crippen LogP contribution is -2.20. The Bertz CT molecular complexity index is 445. The number of hydrogen-bond donors (Lipinski definition) is 1. The molecule has 1 nitrogen and oxygen atoms in total. The lowest BCUT2D eigenvalue weighted by Gasteiger charge is -2.18. The number of halogens is 3.